The molecular weight excluding hydrogens is 745 g/mol. The van der Waals surface area contributed by atoms with E-state index in [9.17, 15) is 51.1 Å². The Kier molecular flexibility index (Phi) is 22.2. The van der Waals surface area contributed by atoms with Crippen molar-refractivity contribution in [1.82, 2.24) is 0 Å². The summed E-state index contributed by atoms with van der Waals surface area (Å²) in [6, 6.07) is 6.42. The molecule has 7 radical (unpaired) electrons. The first kappa shape index (κ1) is 45.7. The predicted molar refractivity (Wildman–Crippen MR) is 187 cm³/mol. The topological polar surface area (TPSA) is 258 Å². The van der Waals surface area contributed by atoms with Crippen LogP contribution in [-0.4, -0.2) is 210 Å². The van der Waals surface area contributed by atoms with E-state index in [1.54, 1.807) is 0 Å². The largest absolute Gasteiger partial charge is 0.394 e. The van der Waals surface area contributed by atoms with E-state index in [4.69, 9.17) is 28.4 Å². The number of rotatable bonds is 24. The van der Waals surface area contributed by atoms with Crippen molar-refractivity contribution >= 4 is 41.0 Å². The van der Waals surface area contributed by atoms with Crippen molar-refractivity contribution in [2.45, 2.75) is 154 Å². The van der Waals surface area contributed by atoms with Gasteiger partial charge in [0.05, 0.1) is 19.8 Å². The molecule has 16 nitrogen and oxygen atoms in total. The Morgan fingerprint density at radius 3 is 1.55 bits per heavy atom. The van der Waals surface area contributed by atoms with Crippen LogP contribution in [0.2, 0.25) is 30.2 Å². The van der Waals surface area contributed by atoms with Gasteiger partial charge >= 0.3 is 0 Å². The van der Waals surface area contributed by atoms with E-state index in [2.05, 4.69) is 10.2 Å². The molecule has 6 unspecified atom stereocenters. The highest BCUT2D eigenvalue weighted by Crippen LogP contribution is 2.32. The van der Waals surface area contributed by atoms with E-state index < -0.39 is 112 Å². The highest BCUT2D eigenvalue weighted by molar-refractivity contribution is 7.99. The van der Waals surface area contributed by atoms with Crippen LogP contribution >= 0.6 is 11.8 Å². The van der Waals surface area contributed by atoms with Crippen LogP contribution in [0.1, 0.15) is 32.1 Å². The quantitative estimate of drug-likeness (QED) is 0.0341. The lowest BCUT2D eigenvalue weighted by molar-refractivity contribution is -0.379. The van der Waals surface area contributed by atoms with E-state index in [0.717, 1.165) is 43.0 Å². The van der Waals surface area contributed by atoms with Crippen molar-refractivity contribution in [3.05, 3.63) is 0 Å². The fourth-order valence-electron chi connectivity index (χ4n) is 5.89. The number of hydrogen-bond acceptors (Lipinski definition) is 17. The number of aliphatic hydroxyl groups excluding tert-OH is 10. The van der Waals surface area contributed by atoms with E-state index in [1.165, 1.54) is 43.4 Å². The van der Waals surface area contributed by atoms with Gasteiger partial charge in [-0.25, -0.2) is 0 Å². The first-order valence-electron chi connectivity index (χ1n) is 17.7. The standard InChI is InChI=1S/C31H57O16SSi3/c32-14-17-20(35)21(36)24(39)30(43-17)46-28-19(16-34)45-31(26(41)23(28)38)47-27-18(15-33)44-29(25(40)22(27)37)42-6-1-2-7-48-8-3-10-50-12-5-13-51-11-4-9-49/h17-41H,1-16H2/t17?,18-,19?,20+,21+,22?,23-,24?,25?,26?,27-,28+,29+,30+,31+/m1/s1. The number of thioether (sulfide) groups is 1. The highest BCUT2D eigenvalue weighted by Gasteiger charge is 2.53. The van der Waals surface area contributed by atoms with Gasteiger partial charge in [-0.05, 0) is 30.8 Å². The normalized spacial score (nSPS) is 39.0. The molecule has 0 aromatic heterocycles. The smallest absolute Gasteiger partial charge is 0.187 e. The Morgan fingerprint density at radius 2 is 0.980 bits per heavy atom. The van der Waals surface area contributed by atoms with Crippen molar-refractivity contribution in [1.29, 1.82) is 0 Å². The Balaban J connectivity index is 1.38. The van der Waals surface area contributed by atoms with E-state index in [1.807, 2.05) is 11.8 Å². The van der Waals surface area contributed by atoms with E-state index in [-0.39, 0.29) is 6.61 Å². The molecule has 3 rings (SSSR count). The van der Waals surface area contributed by atoms with Gasteiger partial charge < -0.3 is 79.5 Å². The predicted octanol–water partition coefficient (Wildman–Crippen LogP) is -3.20. The van der Waals surface area contributed by atoms with Crippen LogP contribution in [0.15, 0.2) is 0 Å². The second-order valence-corrected chi connectivity index (χ2v) is 17.5. The Labute approximate surface area is 312 Å². The Morgan fingerprint density at radius 1 is 0.510 bits per heavy atom. The third-order valence-electron chi connectivity index (χ3n) is 8.92. The summed E-state index contributed by atoms with van der Waals surface area (Å²) in [7, 11) is 5.66. The van der Waals surface area contributed by atoms with Crippen molar-refractivity contribution in [2.75, 3.05) is 37.9 Å². The summed E-state index contributed by atoms with van der Waals surface area (Å²) in [6.07, 6.45) is -18.5. The molecule has 3 fully saturated rings. The first-order valence-corrected chi connectivity index (χ1v) is 22.4. The summed E-state index contributed by atoms with van der Waals surface area (Å²) in [5.74, 6) is 2.10. The summed E-state index contributed by atoms with van der Waals surface area (Å²) in [6.45, 7) is -1.94. The van der Waals surface area contributed by atoms with Crippen LogP contribution in [0.25, 0.3) is 0 Å². The summed E-state index contributed by atoms with van der Waals surface area (Å²) in [5.41, 5.74) is 0. The maximum Gasteiger partial charge on any atom is 0.187 e. The molecule has 0 amide bonds. The zero-order chi connectivity index (χ0) is 37.3. The highest BCUT2D eigenvalue weighted by atomic mass is 32.2. The van der Waals surface area contributed by atoms with Gasteiger partial charge in [-0.2, -0.15) is 11.8 Å². The third-order valence-corrected chi connectivity index (χ3v) is 13.3. The monoisotopic (exact) mass is 801 g/mol. The molecular formula is C31H57O16SSi3. The molecule has 0 saturated carbocycles. The molecule has 3 aliphatic heterocycles. The molecule has 0 bridgehead atoms. The third kappa shape index (κ3) is 13.8. The van der Waals surface area contributed by atoms with Crippen molar-refractivity contribution < 1.29 is 79.5 Å². The van der Waals surface area contributed by atoms with Gasteiger partial charge in [-0.3, -0.25) is 0 Å². The van der Waals surface area contributed by atoms with Crippen molar-refractivity contribution in [3.8, 4) is 0 Å². The van der Waals surface area contributed by atoms with Crippen LogP contribution in [-0.2, 0) is 28.4 Å². The zero-order valence-electron chi connectivity index (χ0n) is 28.8. The maximum atomic E-state index is 10.9. The minimum absolute atomic E-state index is 0.251. The van der Waals surface area contributed by atoms with E-state index in [0.29, 0.717) is 6.42 Å². The molecule has 3 heterocycles. The number of ether oxygens (including phenoxy) is 6. The van der Waals surface area contributed by atoms with Gasteiger partial charge in [0.25, 0.3) is 0 Å². The molecule has 20 heteroatoms. The molecule has 10 N–H and O–H groups in total. The molecule has 51 heavy (non-hydrogen) atoms. The van der Waals surface area contributed by atoms with Crippen LogP contribution in [0, 0.1) is 0 Å². The number of unbranched alkanes of at least 4 members (excludes halogenated alkanes) is 1. The lowest BCUT2D eigenvalue weighted by Gasteiger charge is -2.48. The second kappa shape index (κ2) is 24.8. The fourth-order valence-corrected chi connectivity index (χ4v) is 10.2. The maximum absolute atomic E-state index is 10.9. The van der Waals surface area contributed by atoms with Gasteiger partial charge in [-0.1, -0.05) is 43.1 Å². The fraction of sp³-hybridized carbons (Fsp3) is 1.00. The minimum Gasteiger partial charge on any atom is -0.394 e. The average Bonchev–Trinajstić information content (AvgIpc) is 3.13. The summed E-state index contributed by atoms with van der Waals surface area (Å²) < 4.78 is 33.5. The molecule has 0 spiro atoms. The van der Waals surface area contributed by atoms with Crippen LogP contribution in [0.3, 0.4) is 0 Å². The van der Waals surface area contributed by atoms with Crippen molar-refractivity contribution in [2.24, 2.45) is 0 Å². The SMILES string of the molecule is OCC1O[C@@H](O[C@H]2C(CO)O[C@@H](O[C@H]3C(O)C(O)[C@@H](OCCCCSCCC[Si]CCC[Si]CCC[Si])O[C@@H]3CO)C(O)[C@H]2O)C(O)[C@@H](O)[C@H]1O. The Hall–Kier alpha value is 0.361. The van der Waals surface area contributed by atoms with Crippen molar-refractivity contribution in [3.63, 3.8) is 0 Å². The minimum atomic E-state index is -1.89. The van der Waals surface area contributed by atoms with Gasteiger partial charge in [0.1, 0.15) is 73.2 Å². The van der Waals surface area contributed by atoms with Crippen LogP contribution < -0.4 is 0 Å². The average molecular weight is 802 g/mol. The number of hydrogen-bond donors (Lipinski definition) is 10. The molecule has 0 aliphatic carbocycles. The molecule has 295 valence electrons. The molecule has 15 atom stereocenters. The summed E-state index contributed by atoms with van der Waals surface area (Å²) in [4.78, 5) is 0. The summed E-state index contributed by atoms with van der Waals surface area (Å²) >= 11 is 1.91. The van der Waals surface area contributed by atoms with Gasteiger partial charge in [0.2, 0.25) is 0 Å². The summed E-state index contributed by atoms with van der Waals surface area (Å²) in [5, 5.41) is 103. The zero-order valence-corrected chi connectivity index (χ0v) is 32.6. The Bertz CT molecular complexity index is 919. The number of aliphatic hydroxyl groups is 10. The molecule has 0 aromatic carbocycles. The van der Waals surface area contributed by atoms with Gasteiger partial charge in [0, 0.05) is 35.9 Å². The molecule has 3 saturated heterocycles. The lowest BCUT2D eigenvalue weighted by atomic mass is 9.96. The van der Waals surface area contributed by atoms with E-state index >= 15 is 0 Å². The lowest BCUT2D eigenvalue weighted by Crippen LogP contribution is -2.66. The molecule has 3 aliphatic rings. The molecule has 0 aromatic rings. The van der Waals surface area contributed by atoms with Gasteiger partial charge in [-0.15, -0.1) is 0 Å². The van der Waals surface area contributed by atoms with Crippen LogP contribution in [0.5, 0.6) is 0 Å². The van der Waals surface area contributed by atoms with Gasteiger partial charge in [0.15, 0.2) is 18.9 Å². The first-order chi connectivity index (χ1) is 24.6. The van der Waals surface area contributed by atoms with Crippen LogP contribution in [0.4, 0.5) is 0 Å². The second-order valence-electron chi connectivity index (χ2n) is 12.8.